The maximum Gasteiger partial charge on any atom is 0.150 e. The van der Waals surface area contributed by atoms with Gasteiger partial charge < -0.3 is 10.6 Å². The zero-order valence-corrected chi connectivity index (χ0v) is 11.0. The standard InChI is InChI=1S/C11H24N2O2S/c1-2-5-12-7-8-13-6-3-11-4-9-16(14,15)10-11/h11-13H,2-10H2,1H3. The maximum atomic E-state index is 11.2. The van der Waals surface area contributed by atoms with E-state index in [2.05, 4.69) is 17.6 Å². The van der Waals surface area contributed by atoms with Crippen molar-refractivity contribution >= 4 is 9.84 Å². The minimum Gasteiger partial charge on any atom is -0.315 e. The van der Waals surface area contributed by atoms with Crippen molar-refractivity contribution in [3.63, 3.8) is 0 Å². The van der Waals surface area contributed by atoms with Gasteiger partial charge in [0.1, 0.15) is 0 Å². The van der Waals surface area contributed by atoms with E-state index in [9.17, 15) is 8.42 Å². The molecule has 1 heterocycles. The zero-order valence-electron chi connectivity index (χ0n) is 10.2. The van der Waals surface area contributed by atoms with Gasteiger partial charge in [0.15, 0.2) is 9.84 Å². The van der Waals surface area contributed by atoms with Crippen molar-refractivity contribution < 1.29 is 8.42 Å². The highest BCUT2D eigenvalue weighted by Crippen LogP contribution is 2.20. The van der Waals surface area contributed by atoms with Crippen LogP contribution in [0.15, 0.2) is 0 Å². The molecule has 1 aliphatic heterocycles. The highest BCUT2D eigenvalue weighted by molar-refractivity contribution is 7.91. The van der Waals surface area contributed by atoms with E-state index in [0.717, 1.165) is 39.0 Å². The second kappa shape index (κ2) is 7.25. The molecule has 0 aromatic rings. The number of hydrogen-bond donors (Lipinski definition) is 2. The van der Waals surface area contributed by atoms with Crippen LogP contribution in [0.2, 0.25) is 0 Å². The molecule has 2 N–H and O–H groups in total. The first kappa shape index (κ1) is 13.9. The molecule has 0 aliphatic carbocycles. The van der Waals surface area contributed by atoms with E-state index >= 15 is 0 Å². The first-order valence-electron chi connectivity index (χ1n) is 6.26. The number of sulfone groups is 1. The minimum absolute atomic E-state index is 0.390. The molecule has 1 saturated heterocycles. The van der Waals surface area contributed by atoms with Crippen molar-refractivity contribution in [3.8, 4) is 0 Å². The Labute approximate surface area is 99.1 Å². The number of nitrogens with one attached hydrogen (secondary N) is 2. The van der Waals surface area contributed by atoms with E-state index in [1.54, 1.807) is 0 Å². The summed E-state index contributed by atoms with van der Waals surface area (Å²) in [7, 11) is -2.69. The molecule has 0 aromatic heterocycles. The molecule has 0 amide bonds. The SMILES string of the molecule is CCCNCCNCCC1CCS(=O)(=O)C1. The van der Waals surface area contributed by atoms with Crippen LogP contribution in [0.3, 0.4) is 0 Å². The summed E-state index contributed by atoms with van der Waals surface area (Å²) in [5.74, 6) is 1.19. The zero-order chi connectivity index (χ0) is 11.9. The average molecular weight is 248 g/mol. The predicted molar refractivity (Wildman–Crippen MR) is 67.4 cm³/mol. The van der Waals surface area contributed by atoms with Crippen LogP contribution < -0.4 is 10.6 Å². The van der Waals surface area contributed by atoms with Crippen LogP contribution in [0.5, 0.6) is 0 Å². The molecule has 0 bridgehead atoms. The molecule has 96 valence electrons. The van der Waals surface area contributed by atoms with Crippen LogP contribution in [0.25, 0.3) is 0 Å². The van der Waals surface area contributed by atoms with Gasteiger partial charge in [0.25, 0.3) is 0 Å². The largest absolute Gasteiger partial charge is 0.315 e. The van der Waals surface area contributed by atoms with Crippen molar-refractivity contribution in [1.82, 2.24) is 10.6 Å². The summed E-state index contributed by atoms with van der Waals surface area (Å²) in [5, 5.41) is 6.66. The van der Waals surface area contributed by atoms with Gasteiger partial charge in [-0.05, 0) is 38.3 Å². The summed E-state index contributed by atoms with van der Waals surface area (Å²) in [6.07, 6.45) is 3.02. The third-order valence-corrected chi connectivity index (χ3v) is 4.80. The average Bonchev–Trinajstić information content (AvgIpc) is 2.57. The Morgan fingerprint density at radius 2 is 1.81 bits per heavy atom. The van der Waals surface area contributed by atoms with Crippen LogP contribution in [0, 0.1) is 5.92 Å². The summed E-state index contributed by atoms with van der Waals surface area (Å²) < 4.78 is 22.4. The van der Waals surface area contributed by atoms with Crippen LogP contribution in [-0.4, -0.2) is 46.1 Å². The topological polar surface area (TPSA) is 58.2 Å². The Kier molecular flexibility index (Phi) is 6.31. The van der Waals surface area contributed by atoms with Crippen LogP contribution >= 0.6 is 0 Å². The van der Waals surface area contributed by atoms with Gasteiger partial charge in [0.05, 0.1) is 11.5 Å². The van der Waals surface area contributed by atoms with Crippen molar-refractivity contribution in [2.24, 2.45) is 5.92 Å². The van der Waals surface area contributed by atoms with Gasteiger partial charge in [-0.2, -0.15) is 0 Å². The van der Waals surface area contributed by atoms with Crippen molar-refractivity contribution in [2.75, 3.05) is 37.7 Å². The summed E-state index contributed by atoms with van der Waals surface area (Å²) in [6, 6.07) is 0. The second-order valence-electron chi connectivity index (χ2n) is 4.56. The van der Waals surface area contributed by atoms with E-state index < -0.39 is 9.84 Å². The van der Waals surface area contributed by atoms with Crippen LogP contribution in [0.1, 0.15) is 26.2 Å². The van der Waals surface area contributed by atoms with Gasteiger partial charge in [0, 0.05) is 13.1 Å². The van der Waals surface area contributed by atoms with Gasteiger partial charge >= 0.3 is 0 Å². The molecule has 0 spiro atoms. The molecule has 0 saturated carbocycles. The molecule has 0 radical (unpaired) electrons. The molecule has 4 nitrogen and oxygen atoms in total. The third kappa shape index (κ3) is 5.82. The molecule has 1 rings (SSSR count). The summed E-state index contributed by atoms with van der Waals surface area (Å²) in [4.78, 5) is 0. The Bertz CT molecular complexity index is 278. The lowest BCUT2D eigenvalue weighted by atomic mass is 10.1. The lowest BCUT2D eigenvalue weighted by Gasteiger charge is -2.09. The number of hydrogen-bond acceptors (Lipinski definition) is 4. The monoisotopic (exact) mass is 248 g/mol. The highest BCUT2D eigenvalue weighted by Gasteiger charge is 2.26. The van der Waals surface area contributed by atoms with E-state index in [1.165, 1.54) is 6.42 Å². The Morgan fingerprint density at radius 3 is 2.38 bits per heavy atom. The summed E-state index contributed by atoms with van der Waals surface area (Å²) in [5.41, 5.74) is 0. The normalized spacial score (nSPS) is 23.7. The molecule has 0 aromatic carbocycles. The quantitative estimate of drug-likeness (QED) is 0.611. The van der Waals surface area contributed by atoms with E-state index in [-0.39, 0.29) is 0 Å². The van der Waals surface area contributed by atoms with E-state index in [0.29, 0.717) is 17.4 Å². The fourth-order valence-electron chi connectivity index (χ4n) is 2.01. The lowest BCUT2D eigenvalue weighted by molar-refractivity contribution is 0.503. The molecule has 1 unspecified atom stereocenters. The van der Waals surface area contributed by atoms with Crippen LogP contribution in [-0.2, 0) is 9.84 Å². The molecule has 5 heteroatoms. The molecule has 16 heavy (non-hydrogen) atoms. The third-order valence-electron chi connectivity index (χ3n) is 2.96. The molecular formula is C11H24N2O2S. The smallest absolute Gasteiger partial charge is 0.150 e. The van der Waals surface area contributed by atoms with Crippen molar-refractivity contribution in [2.45, 2.75) is 26.2 Å². The molecule has 1 fully saturated rings. The van der Waals surface area contributed by atoms with E-state index in [1.807, 2.05) is 0 Å². The van der Waals surface area contributed by atoms with Gasteiger partial charge in [-0.25, -0.2) is 8.42 Å². The fourth-order valence-corrected chi connectivity index (χ4v) is 3.92. The van der Waals surface area contributed by atoms with Gasteiger partial charge in [-0.3, -0.25) is 0 Å². The first-order chi connectivity index (χ1) is 7.64. The van der Waals surface area contributed by atoms with Gasteiger partial charge in [0.2, 0.25) is 0 Å². The van der Waals surface area contributed by atoms with Gasteiger partial charge in [-0.1, -0.05) is 6.92 Å². The minimum atomic E-state index is -2.69. The highest BCUT2D eigenvalue weighted by atomic mass is 32.2. The summed E-state index contributed by atoms with van der Waals surface area (Å²) in [6.45, 7) is 6.13. The van der Waals surface area contributed by atoms with Crippen molar-refractivity contribution in [1.29, 1.82) is 0 Å². The lowest BCUT2D eigenvalue weighted by Crippen LogP contribution is -2.29. The van der Waals surface area contributed by atoms with E-state index in [4.69, 9.17) is 0 Å². The molecular weight excluding hydrogens is 224 g/mol. The maximum absolute atomic E-state index is 11.2. The summed E-state index contributed by atoms with van der Waals surface area (Å²) >= 11 is 0. The second-order valence-corrected chi connectivity index (χ2v) is 6.79. The fraction of sp³-hybridized carbons (Fsp3) is 1.00. The Balaban J connectivity index is 1.92. The molecule has 1 atom stereocenters. The first-order valence-corrected chi connectivity index (χ1v) is 8.08. The molecule has 1 aliphatic rings. The Morgan fingerprint density at radius 1 is 1.12 bits per heavy atom. The van der Waals surface area contributed by atoms with Gasteiger partial charge in [-0.15, -0.1) is 0 Å². The predicted octanol–water partition coefficient (Wildman–Crippen LogP) is 0.400. The Hall–Kier alpha value is -0.130. The van der Waals surface area contributed by atoms with Crippen molar-refractivity contribution in [3.05, 3.63) is 0 Å². The number of rotatable bonds is 8. The van der Waals surface area contributed by atoms with Crippen LogP contribution in [0.4, 0.5) is 0 Å².